The van der Waals surface area contributed by atoms with Gasteiger partial charge in [-0.1, -0.05) is 84.9 Å². The first-order valence-corrected chi connectivity index (χ1v) is 12.8. The van der Waals surface area contributed by atoms with Gasteiger partial charge in [-0.15, -0.1) is 0 Å². The number of carbonyl (C=O) groups excluding carboxylic acids is 1. The first-order chi connectivity index (χ1) is 18.4. The minimum Gasteiger partial charge on any atom is -0.496 e. The fourth-order valence-corrected chi connectivity index (χ4v) is 4.64. The molecule has 194 valence electrons. The van der Waals surface area contributed by atoms with Gasteiger partial charge in [0.25, 0.3) is 5.91 Å². The van der Waals surface area contributed by atoms with Crippen LogP contribution in [0, 0.1) is 6.92 Å². The lowest BCUT2D eigenvalue weighted by Crippen LogP contribution is -2.32. The van der Waals surface area contributed by atoms with Crippen LogP contribution in [0.1, 0.15) is 39.0 Å². The van der Waals surface area contributed by atoms with Crippen molar-refractivity contribution in [3.8, 4) is 16.9 Å². The Kier molecular flexibility index (Phi) is 8.94. The van der Waals surface area contributed by atoms with Gasteiger partial charge in [-0.3, -0.25) is 9.59 Å². The maximum absolute atomic E-state index is 13.6. The largest absolute Gasteiger partial charge is 0.496 e. The molecule has 0 saturated heterocycles. The van der Waals surface area contributed by atoms with E-state index in [0.717, 1.165) is 40.7 Å². The average molecular weight is 508 g/mol. The first kappa shape index (κ1) is 26.7. The van der Waals surface area contributed by atoms with Gasteiger partial charge in [-0.2, -0.15) is 0 Å². The topological polar surface area (TPSA) is 66.8 Å². The summed E-state index contributed by atoms with van der Waals surface area (Å²) in [6.07, 6.45) is 1.71. The highest BCUT2D eigenvalue weighted by molar-refractivity contribution is 5.94. The van der Waals surface area contributed by atoms with Gasteiger partial charge in [0.1, 0.15) is 5.75 Å². The molecule has 5 heteroatoms. The number of carbonyl (C=O) groups is 2. The van der Waals surface area contributed by atoms with Gasteiger partial charge >= 0.3 is 5.97 Å². The molecule has 4 aromatic carbocycles. The molecule has 0 aliphatic carbocycles. The summed E-state index contributed by atoms with van der Waals surface area (Å²) in [6, 6.07) is 31.5. The van der Waals surface area contributed by atoms with E-state index in [2.05, 4.69) is 12.1 Å². The number of methoxy groups -OCH3 is 1. The van der Waals surface area contributed by atoms with Crippen molar-refractivity contribution >= 4 is 11.9 Å². The van der Waals surface area contributed by atoms with E-state index in [1.165, 1.54) is 5.56 Å². The highest BCUT2D eigenvalue weighted by Crippen LogP contribution is 2.26. The van der Waals surface area contributed by atoms with Crippen LogP contribution < -0.4 is 4.74 Å². The third-order valence-electron chi connectivity index (χ3n) is 6.68. The molecule has 5 nitrogen and oxygen atoms in total. The van der Waals surface area contributed by atoms with Crippen molar-refractivity contribution in [3.05, 3.63) is 125 Å². The number of carboxylic acids is 1. The van der Waals surface area contributed by atoms with Crippen molar-refractivity contribution in [2.45, 2.75) is 32.7 Å². The molecule has 0 aliphatic rings. The summed E-state index contributed by atoms with van der Waals surface area (Å²) in [5, 5.41) is 9.27. The van der Waals surface area contributed by atoms with Crippen molar-refractivity contribution in [1.82, 2.24) is 4.90 Å². The summed E-state index contributed by atoms with van der Waals surface area (Å²) in [4.78, 5) is 26.8. The van der Waals surface area contributed by atoms with Crippen LogP contribution in [-0.2, 0) is 24.2 Å². The standard InChI is InChI=1S/C33H33NO4/c1-24-14-17-29(21-31(24)38-2)33(37)34(20-8-11-25-9-4-3-5-10-25)23-26-15-18-27(19-16-26)30-13-7-6-12-28(30)22-32(35)36/h3-7,9-10,12-19,21H,8,11,20,22-23H2,1-2H3,(H,35,36). The molecule has 0 heterocycles. The zero-order valence-corrected chi connectivity index (χ0v) is 21.9. The van der Waals surface area contributed by atoms with Gasteiger partial charge in [0.2, 0.25) is 0 Å². The molecular weight excluding hydrogens is 474 g/mol. The molecule has 0 aromatic heterocycles. The predicted octanol–water partition coefficient (Wildman–Crippen LogP) is 6.57. The molecule has 38 heavy (non-hydrogen) atoms. The maximum atomic E-state index is 13.6. The number of ether oxygens (including phenoxy) is 1. The molecule has 0 atom stereocenters. The third kappa shape index (κ3) is 6.88. The number of carboxylic acid groups (broad SMARTS) is 1. The van der Waals surface area contributed by atoms with Crippen LogP contribution in [0.15, 0.2) is 97.1 Å². The average Bonchev–Trinajstić information content (AvgIpc) is 2.93. The summed E-state index contributed by atoms with van der Waals surface area (Å²) in [5.41, 5.74) is 6.49. The zero-order valence-electron chi connectivity index (χ0n) is 21.9. The summed E-state index contributed by atoms with van der Waals surface area (Å²) in [5.74, 6) is -0.192. The molecule has 0 spiro atoms. The molecule has 0 bridgehead atoms. The van der Waals surface area contributed by atoms with Crippen LogP contribution in [0.2, 0.25) is 0 Å². The highest BCUT2D eigenvalue weighted by Gasteiger charge is 2.18. The van der Waals surface area contributed by atoms with Gasteiger partial charge < -0.3 is 14.7 Å². The zero-order chi connectivity index (χ0) is 26.9. The van der Waals surface area contributed by atoms with Gasteiger partial charge in [0.15, 0.2) is 0 Å². The quantitative estimate of drug-likeness (QED) is 0.249. The second-order valence-electron chi connectivity index (χ2n) is 9.42. The highest BCUT2D eigenvalue weighted by atomic mass is 16.5. The van der Waals surface area contributed by atoms with Crippen molar-refractivity contribution < 1.29 is 19.4 Å². The van der Waals surface area contributed by atoms with Crippen molar-refractivity contribution in [2.75, 3.05) is 13.7 Å². The Labute approximate surface area is 224 Å². The Morgan fingerprint density at radius 2 is 1.55 bits per heavy atom. The number of aliphatic carboxylic acids is 1. The summed E-state index contributed by atoms with van der Waals surface area (Å²) < 4.78 is 5.45. The number of benzene rings is 4. The lowest BCUT2D eigenvalue weighted by Gasteiger charge is -2.24. The van der Waals surface area contributed by atoms with E-state index in [1.807, 2.05) is 96.8 Å². The third-order valence-corrected chi connectivity index (χ3v) is 6.68. The fourth-order valence-electron chi connectivity index (χ4n) is 4.64. The van der Waals surface area contributed by atoms with E-state index in [-0.39, 0.29) is 12.3 Å². The number of rotatable bonds is 11. The fraction of sp³-hybridized carbons (Fsp3) is 0.212. The van der Waals surface area contributed by atoms with E-state index in [0.29, 0.717) is 24.4 Å². The van der Waals surface area contributed by atoms with E-state index in [9.17, 15) is 14.7 Å². The van der Waals surface area contributed by atoms with Gasteiger partial charge in [0, 0.05) is 18.7 Å². The molecule has 0 unspecified atom stereocenters. The van der Waals surface area contributed by atoms with Crippen LogP contribution in [0.3, 0.4) is 0 Å². The van der Waals surface area contributed by atoms with Crippen molar-refractivity contribution in [2.24, 2.45) is 0 Å². The van der Waals surface area contributed by atoms with Crippen LogP contribution in [0.4, 0.5) is 0 Å². The first-order valence-electron chi connectivity index (χ1n) is 12.8. The molecule has 1 amide bonds. The lowest BCUT2D eigenvalue weighted by atomic mass is 9.97. The van der Waals surface area contributed by atoms with Crippen LogP contribution in [-0.4, -0.2) is 35.5 Å². The number of hydrogen-bond donors (Lipinski definition) is 1. The van der Waals surface area contributed by atoms with E-state index < -0.39 is 5.97 Å². The Hall–Kier alpha value is -4.38. The Balaban J connectivity index is 1.54. The Morgan fingerprint density at radius 3 is 2.26 bits per heavy atom. The lowest BCUT2D eigenvalue weighted by molar-refractivity contribution is -0.136. The second kappa shape index (κ2) is 12.7. The van der Waals surface area contributed by atoms with Crippen LogP contribution in [0.25, 0.3) is 11.1 Å². The van der Waals surface area contributed by atoms with Crippen LogP contribution in [0.5, 0.6) is 5.75 Å². The molecule has 0 aliphatic heterocycles. The monoisotopic (exact) mass is 507 g/mol. The maximum Gasteiger partial charge on any atom is 0.307 e. The predicted molar refractivity (Wildman–Crippen MR) is 150 cm³/mol. The molecule has 1 N–H and O–H groups in total. The number of aryl methyl sites for hydroxylation is 2. The minimum atomic E-state index is -0.855. The van der Waals surface area contributed by atoms with E-state index in [1.54, 1.807) is 7.11 Å². The number of nitrogens with zero attached hydrogens (tertiary/aromatic N) is 1. The minimum absolute atomic E-state index is 0.0262. The smallest absolute Gasteiger partial charge is 0.307 e. The van der Waals surface area contributed by atoms with E-state index >= 15 is 0 Å². The Morgan fingerprint density at radius 1 is 0.842 bits per heavy atom. The van der Waals surface area contributed by atoms with Gasteiger partial charge in [-0.25, -0.2) is 0 Å². The molecule has 4 aromatic rings. The van der Waals surface area contributed by atoms with Crippen molar-refractivity contribution in [3.63, 3.8) is 0 Å². The molecular formula is C33H33NO4. The molecule has 0 radical (unpaired) electrons. The second-order valence-corrected chi connectivity index (χ2v) is 9.42. The molecule has 0 saturated carbocycles. The molecule has 4 rings (SSSR count). The van der Waals surface area contributed by atoms with Gasteiger partial charge in [-0.05, 0) is 65.3 Å². The van der Waals surface area contributed by atoms with Crippen LogP contribution >= 0.6 is 0 Å². The van der Waals surface area contributed by atoms with E-state index in [4.69, 9.17) is 4.74 Å². The number of amides is 1. The SMILES string of the molecule is COc1cc(C(=O)N(CCCc2ccccc2)Cc2ccc(-c3ccccc3CC(=O)O)cc2)ccc1C. The van der Waals surface area contributed by atoms with Crippen molar-refractivity contribution in [1.29, 1.82) is 0 Å². The summed E-state index contributed by atoms with van der Waals surface area (Å²) in [7, 11) is 1.62. The Bertz CT molecular complexity index is 1380. The molecule has 0 fully saturated rings. The summed E-state index contributed by atoms with van der Waals surface area (Å²) >= 11 is 0. The number of hydrogen-bond acceptors (Lipinski definition) is 3. The normalized spacial score (nSPS) is 10.7. The summed E-state index contributed by atoms with van der Waals surface area (Å²) in [6.45, 7) is 3.05. The van der Waals surface area contributed by atoms with Gasteiger partial charge in [0.05, 0.1) is 13.5 Å².